The van der Waals surface area contributed by atoms with Gasteiger partial charge in [0.15, 0.2) is 0 Å². The van der Waals surface area contributed by atoms with E-state index in [-0.39, 0.29) is 5.91 Å². The second-order valence-electron chi connectivity index (χ2n) is 3.79. The van der Waals surface area contributed by atoms with E-state index in [9.17, 15) is 4.79 Å². The zero-order valence-corrected chi connectivity index (χ0v) is 8.57. The lowest BCUT2D eigenvalue weighted by Crippen LogP contribution is -2.25. The molecular weight excluding hydrogens is 194 g/mol. The van der Waals surface area contributed by atoms with Crippen LogP contribution in [0.15, 0.2) is 23.0 Å². The molecule has 0 bridgehead atoms. The predicted octanol–water partition coefficient (Wildman–Crippen LogP) is 1.44. The summed E-state index contributed by atoms with van der Waals surface area (Å²) < 4.78 is 10.1. The van der Waals surface area contributed by atoms with Crippen molar-refractivity contribution in [1.82, 2.24) is 5.32 Å². The van der Waals surface area contributed by atoms with Crippen LogP contribution in [-0.2, 0) is 4.74 Å². The second kappa shape index (κ2) is 4.98. The highest BCUT2D eigenvalue weighted by Crippen LogP contribution is 2.15. The fourth-order valence-electron chi connectivity index (χ4n) is 1.70. The van der Waals surface area contributed by atoms with Gasteiger partial charge in [-0.25, -0.2) is 0 Å². The van der Waals surface area contributed by atoms with Gasteiger partial charge in [-0.2, -0.15) is 0 Å². The van der Waals surface area contributed by atoms with Gasteiger partial charge in [-0.1, -0.05) is 0 Å². The topological polar surface area (TPSA) is 51.5 Å². The van der Waals surface area contributed by atoms with Crippen molar-refractivity contribution < 1.29 is 13.9 Å². The van der Waals surface area contributed by atoms with Crippen LogP contribution in [0.5, 0.6) is 0 Å². The molecule has 1 aromatic rings. The minimum Gasteiger partial charge on any atom is -0.472 e. The molecule has 1 N–H and O–H groups in total. The Kier molecular flexibility index (Phi) is 3.40. The maximum atomic E-state index is 11.5. The molecule has 1 aromatic heterocycles. The Labute approximate surface area is 88.6 Å². The lowest BCUT2D eigenvalue weighted by atomic mass is 10.1. The van der Waals surface area contributed by atoms with Crippen LogP contribution in [0.2, 0.25) is 0 Å². The third-order valence-electron chi connectivity index (χ3n) is 2.65. The van der Waals surface area contributed by atoms with Crippen molar-refractivity contribution in [1.29, 1.82) is 0 Å². The second-order valence-corrected chi connectivity index (χ2v) is 3.79. The monoisotopic (exact) mass is 209 g/mol. The average molecular weight is 209 g/mol. The van der Waals surface area contributed by atoms with Crippen LogP contribution in [-0.4, -0.2) is 25.7 Å². The highest BCUT2D eigenvalue weighted by Gasteiger charge is 2.15. The Morgan fingerprint density at radius 2 is 2.53 bits per heavy atom. The van der Waals surface area contributed by atoms with Gasteiger partial charge in [0.2, 0.25) is 0 Å². The first kappa shape index (κ1) is 10.2. The van der Waals surface area contributed by atoms with Crippen molar-refractivity contribution in [3.05, 3.63) is 24.2 Å². The van der Waals surface area contributed by atoms with Gasteiger partial charge in [-0.15, -0.1) is 0 Å². The van der Waals surface area contributed by atoms with Crippen LogP contribution in [0.4, 0.5) is 0 Å². The number of hydrogen-bond donors (Lipinski definition) is 1. The van der Waals surface area contributed by atoms with Crippen LogP contribution in [0.1, 0.15) is 23.2 Å². The van der Waals surface area contributed by atoms with Crippen molar-refractivity contribution in [3.63, 3.8) is 0 Å². The molecule has 0 spiro atoms. The molecule has 1 fully saturated rings. The number of furan rings is 1. The first-order valence-electron chi connectivity index (χ1n) is 5.24. The number of nitrogens with one attached hydrogen (secondary N) is 1. The van der Waals surface area contributed by atoms with E-state index in [0.29, 0.717) is 18.0 Å². The van der Waals surface area contributed by atoms with Gasteiger partial charge in [0.05, 0.1) is 11.8 Å². The molecule has 82 valence electrons. The molecule has 0 aliphatic carbocycles. The molecule has 1 aliphatic heterocycles. The lowest BCUT2D eigenvalue weighted by molar-refractivity contribution is 0.0950. The summed E-state index contributed by atoms with van der Waals surface area (Å²) in [6.07, 6.45) is 5.05. The minimum absolute atomic E-state index is 0.0670. The molecule has 2 heterocycles. The molecule has 2 rings (SSSR count). The molecule has 1 atom stereocenters. The highest BCUT2D eigenvalue weighted by atomic mass is 16.5. The Bertz CT molecular complexity index is 302. The number of carbonyl (C=O) groups is 1. The summed E-state index contributed by atoms with van der Waals surface area (Å²) in [7, 11) is 0. The summed E-state index contributed by atoms with van der Waals surface area (Å²) in [5.74, 6) is 0.539. The molecule has 1 saturated heterocycles. The standard InChI is InChI=1S/C11H15NO3/c13-11(10-3-6-15-8-10)12-4-1-9-2-5-14-7-9/h3,6,8-9H,1-2,4-5,7H2,(H,12,13)/t9-/m0/s1. The maximum Gasteiger partial charge on any atom is 0.254 e. The zero-order valence-electron chi connectivity index (χ0n) is 8.57. The van der Waals surface area contributed by atoms with E-state index >= 15 is 0 Å². The van der Waals surface area contributed by atoms with Gasteiger partial charge in [0.25, 0.3) is 5.91 Å². The first-order chi connectivity index (χ1) is 7.36. The fourth-order valence-corrected chi connectivity index (χ4v) is 1.70. The van der Waals surface area contributed by atoms with Crippen LogP contribution in [0.3, 0.4) is 0 Å². The van der Waals surface area contributed by atoms with Gasteiger partial charge in [0.1, 0.15) is 6.26 Å². The first-order valence-corrected chi connectivity index (χ1v) is 5.24. The maximum absolute atomic E-state index is 11.5. The van der Waals surface area contributed by atoms with Crippen LogP contribution in [0.25, 0.3) is 0 Å². The van der Waals surface area contributed by atoms with Crippen molar-refractivity contribution in [2.75, 3.05) is 19.8 Å². The van der Waals surface area contributed by atoms with E-state index in [1.54, 1.807) is 6.07 Å². The van der Waals surface area contributed by atoms with E-state index < -0.39 is 0 Å². The number of carbonyl (C=O) groups excluding carboxylic acids is 1. The average Bonchev–Trinajstić information content (AvgIpc) is 2.90. The van der Waals surface area contributed by atoms with E-state index in [1.807, 2.05) is 0 Å². The largest absolute Gasteiger partial charge is 0.472 e. The molecule has 4 heteroatoms. The van der Waals surface area contributed by atoms with Crippen molar-refractivity contribution in [2.45, 2.75) is 12.8 Å². The molecule has 1 aliphatic rings. The van der Waals surface area contributed by atoms with Gasteiger partial charge >= 0.3 is 0 Å². The van der Waals surface area contributed by atoms with Crippen LogP contribution in [0, 0.1) is 5.92 Å². The van der Waals surface area contributed by atoms with Gasteiger partial charge in [-0.3, -0.25) is 4.79 Å². The molecule has 4 nitrogen and oxygen atoms in total. The molecule has 0 aromatic carbocycles. The number of ether oxygens (including phenoxy) is 1. The normalized spacial score (nSPS) is 20.4. The lowest BCUT2D eigenvalue weighted by Gasteiger charge is -2.07. The fraction of sp³-hybridized carbons (Fsp3) is 0.545. The third-order valence-corrected chi connectivity index (χ3v) is 2.65. The Morgan fingerprint density at radius 1 is 1.60 bits per heavy atom. The van der Waals surface area contributed by atoms with Gasteiger partial charge in [0, 0.05) is 19.8 Å². The summed E-state index contributed by atoms with van der Waals surface area (Å²) in [6.45, 7) is 2.40. The third kappa shape index (κ3) is 2.83. The molecule has 15 heavy (non-hydrogen) atoms. The minimum atomic E-state index is -0.0670. The van der Waals surface area contributed by atoms with Gasteiger partial charge in [-0.05, 0) is 24.8 Å². The zero-order chi connectivity index (χ0) is 10.5. The van der Waals surface area contributed by atoms with Gasteiger partial charge < -0.3 is 14.5 Å². The molecular formula is C11H15NO3. The Balaban J connectivity index is 1.67. The van der Waals surface area contributed by atoms with Crippen molar-refractivity contribution in [2.24, 2.45) is 5.92 Å². The quantitative estimate of drug-likeness (QED) is 0.816. The van der Waals surface area contributed by atoms with Crippen molar-refractivity contribution >= 4 is 5.91 Å². The summed E-state index contributed by atoms with van der Waals surface area (Å²) in [5.41, 5.74) is 0.581. The molecule has 0 unspecified atom stereocenters. The molecule has 1 amide bonds. The Morgan fingerprint density at radius 3 is 3.20 bits per heavy atom. The Hall–Kier alpha value is -1.29. The number of hydrogen-bond acceptors (Lipinski definition) is 3. The number of amides is 1. The molecule has 0 saturated carbocycles. The SMILES string of the molecule is O=C(NCC[C@H]1CCOC1)c1ccoc1. The summed E-state index contributed by atoms with van der Waals surface area (Å²) in [4.78, 5) is 11.5. The van der Waals surface area contributed by atoms with Crippen LogP contribution < -0.4 is 5.32 Å². The smallest absolute Gasteiger partial charge is 0.254 e. The van der Waals surface area contributed by atoms with E-state index in [4.69, 9.17) is 9.15 Å². The van der Waals surface area contributed by atoms with E-state index in [0.717, 1.165) is 26.1 Å². The van der Waals surface area contributed by atoms with E-state index in [1.165, 1.54) is 12.5 Å². The van der Waals surface area contributed by atoms with Crippen molar-refractivity contribution in [3.8, 4) is 0 Å². The van der Waals surface area contributed by atoms with Crippen LogP contribution >= 0.6 is 0 Å². The van der Waals surface area contributed by atoms with E-state index in [2.05, 4.69) is 5.32 Å². The molecule has 0 radical (unpaired) electrons. The number of rotatable bonds is 4. The summed E-state index contributed by atoms with van der Waals surface area (Å²) >= 11 is 0. The summed E-state index contributed by atoms with van der Waals surface area (Å²) in [6, 6.07) is 1.66. The summed E-state index contributed by atoms with van der Waals surface area (Å²) in [5, 5.41) is 2.86. The predicted molar refractivity (Wildman–Crippen MR) is 54.6 cm³/mol. The highest BCUT2D eigenvalue weighted by molar-refractivity contribution is 5.93.